The van der Waals surface area contributed by atoms with Crippen molar-refractivity contribution in [1.82, 2.24) is 9.88 Å². The van der Waals surface area contributed by atoms with Gasteiger partial charge in [-0.3, -0.25) is 4.98 Å². The molecule has 0 fully saturated rings. The molecule has 1 aliphatic heterocycles. The van der Waals surface area contributed by atoms with Crippen LogP contribution in [-0.4, -0.2) is 36.6 Å². The Hall–Kier alpha value is -3.65. The number of pyridine rings is 1. The van der Waals surface area contributed by atoms with Crippen LogP contribution in [0.4, 0.5) is 0 Å². The van der Waals surface area contributed by atoms with Crippen LogP contribution in [0, 0.1) is 6.92 Å². The molecule has 0 bridgehead atoms. The summed E-state index contributed by atoms with van der Waals surface area (Å²) in [6.07, 6.45) is 8.48. The van der Waals surface area contributed by atoms with E-state index in [2.05, 4.69) is 119 Å². The Bertz CT molecular complexity index is 1380. The van der Waals surface area contributed by atoms with Crippen LogP contribution in [0.15, 0.2) is 85.8 Å². The number of benzene rings is 2. The summed E-state index contributed by atoms with van der Waals surface area (Å²) < 4.78 is 6.23. The van der Waals surface area contributed by atoms with Crippen molar-refractivity contribution in [2.24, 2.45) is 0 Å². The molecule has 3 aromatic rings. The molecule has 2 aromatic carbocycles. The molecule has 0 saturated carbocycles. The summed E-state index contributed by atoms with van der Waals surface area (Å²) in [6, 6.07) is 19.1. The number of hydrogen-bond donors (Lipinski definition) is 0. The normalized spacial score (nSPS) is 15.2. The van der Waals surface area contributed by atoms with E-state index < -0.39 is 0 Å². The molecule has 43 heavy (non-hydrogen) atoms. The zero-order valence-electron chi connectivity index (χ0n) is 28.1. The van der Waals surface area contributed by atoms with Crippen LogP contribution in [0.1, 0.15) is 107 Å². The maximum Gasteiger partial charge on any atom is 0.126 e. The lowest BCUT2D eigenvalue weighted by atomic mass is 9.88. The Labute approximate surface area is 262 Å². The zero-order chi connectivity index (χ0) is 31.8. The minimum absolute atomic E-state index is 0.272. The molecular weight excluding hydrogens is 524 g/mol. The van der Waals surface area contributed by atoms with E-state index in [0.717, 1.165) is 77.2 Å². The van der Waals surface area contributed by atoms with Gasteiger partial charge in [0.25, 0.3) is 0 Å². The molecular formula is C40H54N2O. The van der Waals surface area contributed by atoms with Crippen molar-refractivity contribution in [1.29, 1.82) is 0 Å². The lowest BCUT2D eigenvalue weighted by molar-refractivity contribution is 0.236. The van der Waals surface area contributed by atoms with Gasteiger partial charge in [0.2, 0.25) is 0 Å². The highest BCUT2D eigenvalue weighted by molar-refractivity contribution is 5.84. The third kappa shape index (κ3) is 10.5. The number of ether oxygens (including phenoxy) is 1. The zero-order valence-corrected chi connectivity index (χ0v) is 28.1. The van der Waals surface area contributed by atoms with Crippen LogP contribution in [-0.2, 0) is 0 Å². The summed E-state index contributed by atoms with van der Waals surface area (Å²) in [5.41, 5.74) is 13.4. The average Bonchev–Trinajstić information content (AvgIpc) is 3.06. The van der Waals surface area contributed by atoms with Gasteiger partial charge in [-0.2, -0.15) is 0 Å². The van der Waals surface area contributed by atoms with E-state index in [4.69, 9.17) is 4.74 Å². The molecule has 0 radical (unpaired) electrons. The highest BCUT2D eigenvalue weighted by Crippen LogP contribution is 2.35. The third-order valence-corrected chi connectivity index (χ3v) is 7.51. The second kappa shape index (κ2) is 18.8. The van der Waals surface area contributed by atoms with Crippen LogP contribution in [0.5, 0.6) is 5.75 Å². The van der Waals surface area contributed by atoms with Crippen molar-refractivity contribution in [3.05, 3.63) is 119 Å². The Morgan fingerprint density at radius 2 is 1.74 bits per heavy atom. The van der Waals surface area contributed by atoms with E-state index in [0.29, 0.717) is 6.61 Å². The van der Waals surface area contributed by atoms with E-state index in [1.165, 1.54) is 17.6 Å². The van der Waals surface area contributed by atoms with Crippen molar-refractivity contribution >= 4 is 16.7 Å². The topological polar surface area (TPSA) is 25.4 Å². The maximum absolute atomic E-state index is 6.23. The number of likely N-dealkylation sites (N-methyl/N-ethyl adjacent to an activating group) is 1. The standard InChI is InChI=1S/C35H40N2O.C3H8.C2H6/c1-7-29(22-27(4)34-13-8-10-18-36-34)31-15-14-26(3)32(24-31)28(5)30-16-17-35-33(23-30)25(2)12-9-11-19-37(6)20-21-38-35;1-3-2;1-2/h8,10,12-18,23-24,27H,1,5,9,11,19-22H2,2-4,6H3;3H2,1-2H3;1-2H3/b25-12-;;/t27-;;/m1../s1. The van der Waals surface area contributed by atoms with Crippen LogP contribution < -0.4 is 4.74 Å². The van der Waals surface area contributed by atoms with Gasteiger partial charge in [-0.25, -0.2) is 0 Å². The van der Waals surface area contributed by atoms with E-state index in [-0.39, 0.29) is 5.92 Å². The van der Waals surface area contributed by atoms with Crippen LogP contribution >= 0.6 is 0 Å². The summed E-state index contributed by atoms with van der Waals surface area (Å²) in [5.74, 6) is 1.21. The molecule has 4 rings (SSSR count). The Morgan fingerprint density at radius 1 is 1.02 bits per heavy atom. The Kier molecular flexibility index (Phi) is 15.5. The molecule has 0 amide bonds. The van der Waals surface area contributed by atoms with Gasteiger partial charge in [0.1, 0.15) is 12.4 Å². The molecule has 0 saturated heterocycles. The SMILES string of the molecule is C=C=C(C[C@@H](C)c1ccccn1)c1ccc(C)c(C(=C)c2ccc3c(c2)/C(C)=C\CCCN(C)CCO3)c1.CC.CCC. The third-order valence-electron chi connectivity index (χ3n) is 7.51. The van der Waals surface area contributed by atoms with E-state index in [1.54, 1.807) is 0 Å². The number of allylic oxidation sites excluding steroid dienone is 3. The van der Waals surface area contributed by atoms with Crippen LogP contribution in [0.2, 0.25) is 0 Å². The molecule has 1 aliphatic rings. The molecule has 3 nitrogen and oxygen atoms in total. The van der Waals surface area contributed by atoms with Gasteiger partial charge >= 0.3 is 0 Å². The fourth-order valence-corrected chi connectivity index (χ4v) is 5.03. The monoisotopic (exact) mass is 578 g/mol. The Balaban J connectivity index is 0.00000121. The lowest BCUT2D eigenvalue weighted by Gasteiger charge is -2.18. The number of aryl methyl sites for hydroxylation is 1. The molecule has 0 N–H and O–H groups in total. The van der Waals surface area contributed by atoms with Gasteiger partial charge in [0, 0.05) is 35.5 Å². The van der Waals surface area contributed by atoms with E-state index in [1.807, 2.05) is 32.2 Å². The van der Waals surface area contributed by atoms with Crippen molar-refractivity contribution < 1.29 is 4.74 Å². The minimum atomic E-state index is 0.272. The fourth-order valence-electron chi connectivity index (χ4n) is 5.03. The van der Waals surface area contributed by atoms with Crippen molar-refractivity contribution in [2.75, 3.05) is 26.7 Å². The Morgan fingerprint density at radius 3 is 2.42 bits per heavy atom. The summed E-state index contributed by atoms with van der Waals surface area (Å²) in [5, 5.41) is 0. The molecule has 0 spiro atoms. The number of hydrogen-bond acceptors (Lipinski definition) is 3. The van der Waals surface area contributed by atoms with E-state index >= 15 is 0 Å². The number of nitrogens with zero attached hydrogens (tertiary/aromatic N) is 2. The first-order chi connectivity index (χ1) is 20.8. The van der Waals surface area contributed by atoms with Gasteiger partial charge in [-0.15, -0.1) is 5.73 Å². The minimum Gasteiger partial charge on any atom is -0.492 e. The smallest absolute Gasteiger partial charge is 0.126 e. The van der Waals surface area contributed by atoms with Gasteiger partial charge < -0.3 is 9.64 Å². The quantitative estimate of drug-likeness (QED) is 0.272. The van der Waals surface area contributed by atoms with Gasteiger partial charge in [-0.05, 0) is 110 Å². The first kappa shape index (κ1) is 35.5. The first-order valence-electron chi connectivity index (χ1n) is 16.0. The highest BCUT2D eigenvalue weighted by atomic mass is 16.5. The van der Waals surface area contributed by atoms with Crippen molar-refractivity contribution in [3.63, 3.8) is 0 Å². The number of rotatable bonds is 6. The molecule has 2 heterocycles. The molecule has 1 aromatic heterocycles. The average molecular weight is 579 g/mol. The molecule has 1 atom stereocenters. The van der Waals surface area contributed by atoms with Crippen molar-refractivity contribution in [3.8, 4) is 5.75 Å². The molecule has 230 valence electrons. The molecule has 0 unspecified atom stereocenters. The second-order valence-corrected chi connectivity index (χ2v) is 11.1. The first-order valence-corrected chi connectivity index (χ1v) is 16.0. The summed E-state index contributed by atoms with van der Waals surface area (Å²) >= 11 is 0. The van der Waals surface area contributed by atoms with Crippen LogP contribution in [0.25, 0.3) is 16.7 Å². The molecule has 3 heteroatoms. The predicted octanol–water partition coefficient (Wildman–Crippen LogP) is 10.8. The summed E-state index contributed by atoms with van der Waals surface area (Å²) in [6.45, 7) is 26.0. The van der Waals surface area contributed by atoms with E-state index in [9.17, 15) is 0 Å². The van der Waals surface area contributed by atoms with Crippen LogP contribution in [0.3, 0.4) is 0 Å². The number of fused-ring (bicyclic) bond motifs is 1. The van der Waals surface area contributed by atoms with Gasteiger partial charge in [0.15, 0.2) is 0 Å². The molecule has 0 aliphatic carbocycles. The summed E-state index contributed by atoms with van der Waals surface area (Å²) in [7, 11) is 2.16. The predicted molar refractivity (Wildman–Crippen MR) is 189 cm³/mol. The summed E-state index contributed by atoms with van der Waals surface area (Å²) in [4.78, 5) is 6.88. The van der Waals surface area contributed by atoms with Crippen molar-refractivity contribution in [2.45, 2.75) is 80.1 Å². The fraction of sp³-hybridized carbons (Fsp3) is 0.400. The second-order valence-electron chi connectivity index (χ2n) is 11.1. The largest absolute Gasteiger partial charge is 0.492 e. The maximum atomic E-state index is 6.23. The highest BCUT2D eigenvalue weighted by Gasteiger charge is 2.16. The van der Waals surface area contributed by atoms with Gasteiger partial charge in [-0.1, -0.05) is 84.5 Å². The van der Waals surface area contributed by atoms with Gasteiger partial charge in [0.05, 0.1) is 0 Å². The number of aromatic nitrogens is 1. The lowest BCUT2D eigenvalue weighted by Crippen LogP contribution is -2.25.